The number of amides is 1. The number of nitrogens with zero attached hydrogens (tertiary/aromatic N) is 2. The van der Waals surface area contributed by atoms with Crippen molar-refractivity contribution in [1.29, 1.82) is 0 Å². The van der Waals surface area contributed by atoms with Gasteiger partial charge < -0.3 is 21.1 Å². The molecule has 1 atom stereocenters. The summed E-state index contributed by atoms with van der Waals surface area (Å²) >= 11 is 0. The molecule has 2 heterocycles. The Morgan fingerprint density at radius 1 is 1.56 bits per heavy atom. The second-order valence-electron chi connectivity index (χ2n) is 4.86. The van der Waals surface area contributed by atoms with Crippen LogP contribution in [-0.4, -0.2) is 31.1 Å². The molecule has 0 radical (unpaired) electrons. The molecular formula is C12H18N4O2. The summed E-state index contributed by atoms with van der Waals surface area (Å²) in [4.78, 5) is 17.7. The second-order valence-corrected chi connectivity index (χ2v) is 4.86. The van der Waals surface area contributed by atoms with Crippen LogP contribution in [0.25, 0.3) is 0 Å². The van der Waals surface area contributed by atoms with E-state index in [9.17, 15) is 4.79 Å². The molecule has 98 valence electrons. The van der Waals surface area contributed by atoms with Gasteiger partial charge >= 0.3 is 0 Å². The van der Waals surface area contributed by atoms with Crippen LogP contribution in [-0.2, 0) is 4.79 Å². The van der Waals surface area contributed by atoms with E-state index in [4.69, 9.17) is 16.2 Å². The molecule has 6 nitrogen and oxygen atoms in total. The number of anilines is 2. The van der Waals surface area contributed by atoms with Gasteiger partial charge in [-0.25, -0.2) is 0 Å². The number of aromatic nitrogens is 1. The molecular weight excluding hydrogens is 232 g/mol. The van der Waals surface area contributed by atoms with Crippen LogP contribution in [0.4, 0.5) is 11.5 Å². The Morgan fingerprint density at radius 3 is 2.83 bits per heavy atom. The minimum Gasteiger partial charge on any atom is -0.481 e. The maximum Gasteiger partial charge on any atom is 0.225 e. The number of nitrogens with two attached hydrogens (primary N) is 2. The van der Waals surface area contributed by atoms with E-state index in [1.54, 1.807) is 19.2 Å². The summed E-state index contributed by atoms with van der Waals surface area (Å²) in [5.74, 6) is 0.873. The molecule has 1 amide bonds. The third kappa shape index (κ3) is 2.05. The smallest absolute Gasteiger partial charge is 0.225 e. The zero-order valence-corrected chi connectivity index (χ0v) is 10.6. The summed E-state index contributed by atoms with van der Waals surface area (Å²) in [6.45, 7) is 3.11. The highest BCUT2D eigenvalue weighted by molar-refractivity contribution is 5.82. The van der Waals surface area contributed by atoms with Gasteiger partial charge in [0, 0.05) is 19.2 Å². The number of pyridine rings is 1. The Kier molecular flexibility index (Phi) is 3.02. The summed E-state index contributed by atoms with van der Waals surface area (Å²) in [6.07, 6.45) is 0.709. The number of carbonyl (C=O) groups is 1. The molecule has 6 heteroatoms. The molecule has 0 spiro atoms. The highest BCUT2D eigenvalue weighted by Crippen LogP contribution is 2.35. The van der Waals surface area contributed by atoms with E-state index in [2.05, 4.69) is 4.98 Å². The number of nitrogen functional groups attached to an aromatic ring is 1. The van der Waals surface area contributed by atoms with Crippen LogP contribution in [0.15, 0.2) is 12.1 Å². The summed E-state index contributed by atoms with van der Waals surface area (Å²) in [5.41, 5.74) is 11.4. The number of hydrogen-bond acceptors (Lipinski definition) is 5. The van der Waals surface area contributed by atoms with Crippen molar-refractivity contribution in [3.8, 4) is 5.88 Å². The van der Waals surface area contributed by atoms with Crippen LogP contribution in [0.2, 0.25) is 0 Å². The number of primary amides is 1. The Hall–Kier alpha value is -1.98. The summed E-state index contributed by atoms with van der Waals surface area (Å²) in [6, 6.07) is 3.46. The quantitative estimate of drug-likeness (QED) is 0.808. The van der Waals surface area contributed by atoms with Gasteiger partial charge in [0.2, 0.25) is 11.8 Å². The van der Waals surface area contributed by atoms with Gasteiger partial charge in [0.15, 0.2) is 5.82 Å². The van der Waals surface area contributed by atoms with Crippen LogP contribution in [0, 0.1) is 5.41 Å². The minimum absolute atomic E-state index is 0.286. The van der Waals surface area contributed by atoms with Crippen molar-refractivity contribution in [1.82, 2.24) is 4.98 Å². The lowest BCUT2D eigenvalue weighted by Crippen LogP contribution is -2.37. The molecule has 1 aliphatic rings. The average Bonchev–Trinajstić information content (AvgIpc) is 2.74. The van der Waals surface area contributed by atoms with Gasteiger partial charge in [-0.2, -0.15) is 4.98 Å². The molecule has 0 bridgehead atoms. The Bertz CT molecular complexity index is 477. The molecule has 1 aromatic heterocycles. The van der Waals surface area contributed by atoms with Gasteiger partial charge in [0.25, 0.3) is 0 Å². The van der Waals surface area contributed by atoms with Gasteiger partial charge in [0.05, 0.1) is 18.2 Å². The van der Waals surface area contributed by atoms with Gasteiger partial charge in [0.1, 0.15) is 0 Å². The largest absolute Gasteiger partial charge is 0.481 e. The molecule has 0 saturated carbocycles. The van der Waals surface area contributed by atoms with E-state index in [1.807, 2.05) is 11.8 Å². The molecule has 1 saturated heterocycles. The van der Waals surface area contributed by atoms with E-state index >= 15 is 0 Å². The number of methoxy groups -OCH3 is 1. The lowest BCUT2D eigenvalue weighted by molar-refractivity contribution is -0.125. The molecule has 0 aliphatic carbocycles. The molecule has 1 unspecified atom stereocenters. The van der Waals surface area contributed by atoms with E-state index in [0.29, 0.717) is 36.9 Å². The van der Waals surface area contributed by atoms with Crippen LogP contribution >= 0.6 is 0 Å². The monoisotopic (exact) mass is 250 g/mol. The first-order chi connectivity index (χ1) is 8.46. The lowest BCUT2D eigenvalue weighted by Gasteiger charge is -2.22. The number of ether oxygens (including phenoxy) is 1. The fourth-order valence-corrected chi connectivity index (χ4v) is 2.15. The molecule has 1 aromatic rings. The highest BCUT2D eigenvalue weighted by atomic mass is 16.5. The topological polar surface area (TPSA) is 94.5 Å². The Labute approximate surface area is 106 Å². The third-order valence-corrected chi connectivity index (χ3v) is 3.46. The predicted octanol–water partition coefficient (Wildman–Crippen LogP) is 0.374. The lowest BCUT2D eigenvalue weighted by atomic mass is 9.89. The first-order valence-electron chi connectivity index (χ1n) is 5.81. The molecule has 1 fully saturated rings. The first kappa shape index (κ1) is 12.5. The van der Waals surface area contributed by atoms with Crippen molar-refractivity contribution in [3.63, 3.8) is 0 Å². The van der Waals surface area contributed by atoms with Gasteiger partial charge in [-0.05, 0) is 19.4 Å². The maximum absolute atomic E-state index is 11.4. The molecule has 4 N–H and O–H groups in total. The average molecular weight is 250 g/mol. The minimum atomic E-state index is -0.517. The summed E-state index contributed by atoms with van der Waals surface area (Å²) in [5, 5.41) is 0. The molecule has 18 heavy (non-hydrogen) atoms. The van der Waals surface area contributed by atoms with Gasteiger partial charge in [-0.15, -0.1) is 0 Å². The van der Waals surface area contributed by atoms with E-state index in [0.717, 1.165) is 0 Å². The van der Waals surface area contributed by atoms with Gasteiger partial charge in [-0.3, -0.25) is 4.79 Å². The predicted molar refractivity (Wildman–Crippen MR) is 69.3 cm³/mol. The second kappa shape index (κ2) is 4.36. The molecule has 0 aromatic carbocycles. The van der Waals surface area contributed by atoms with Crippen molar-refractivity contribution in [3.05, 3.63) is 12.1 Å². The van der Waals surface area contributed by atoms with Gasteiger partial charge in [-0.1, -0.05) is 0 Å². The zero-order chi connectivity index (χ0) is 13.3. The number of rotatable bonds is 3. The first-order valence-corrected chi connectivity index (χ1v) is 5.81. The van der Waals surface area contributed by atoms with Crippen LogP contribution < -0.4 is 21.1 Å². The molecule has 2 rings (SSSR count). The zero-order valence-electron chi connectivity index (χ0n) is 10.6. The van der Waals surface area contributed by atoms with Crippen molar-refractivity contribution < 1.29 is 9.53 Å². The van der Waals surface area contributed by atoms with Crippen molar-refractivity contribution in [2.45, 2.75) is 13.3 Å². The summed E-state index contributed by atoms with van der Waals surface area (Å²) in [7, 11) is 1.56. The third-order valence-electron chi connectivity index (χ3n) is 3.46. The fourth-order valence-electron chi connectivity index (χ4n) is 2.15. The van der Waals surface area contributed by atoms with Crippen LogP contribution in [0.1, 0.15) is 13.3 Å². The van der Waals surface area contributed by atoms with E-state index < -0.39 is 5.41 Å². The number of carbonyl (C=O) groups excluding carboxylic acids is 1. The van der Waals surface area contributed by atoms with E-state index in [1.165, 1.54) is 0 Å². The van der Waals surface area contributed by atoms with Crippen molar-refractivity contribution >= 4 is 17.4 Å². The van der Waals surface area contributed by atoms with Crippen molar-refractivity contribution in [2.24, 2.45) is 11.1 Å². The molecule has 1 aliphatic heterocycles. The normalized spacial score (nSPS) is 23.1. The maximum atomic E-state index is 11.4. The number of hydrogen-bond donors (Lipinski definition) is 2. The fraction of sp³-hybridized carbons (Fsp3) is 0.500. The summed E-state index contributed by atoms with van der Waals surface area (Å²) < 4.78 is 5.08. The Morgan fingerprint density at radius 2 is 2.28 bits per heavy atom. The Balaban J connectivity index is 2.26. The van der Waals surface area contributed by atoms with Crippen LogP contribution in [0.3, 0.4) is 0 Å². The van der Waals surface area contributed by atoms with E-state index in [-0.39, 0.29) is 5.91 Å². The van der Waals surface area contributed by atoms with Crippen LogP contribution in [0.5, 0.6) is 5.88 Å². The standard InChI is InChI=1S/C12H18N4O2/c1-12(11(14)17)5-6-16(7-12)10-8(13)3-4-9(15-10)18-2/h3-4H,5-7,13H2,1-2H3,(H2,14,17). The SMILES string of the molecule is COc1ccc(N)c(N2CCC(C)(C(N)=O)C2)n1. The highest BCUT2D eigenvalue weighted by Gasteiger charge is 2.39. The van der Waals surface area contributed by atoms with Crippen molar-refractivity contribution in [2.75, 3.05) is 30.8 Å².